The molecule has 127 heavy (non-hydrogen) atoms. The van der Waals surface area contributed by atoms with E-state index in [2.05, 4.69) is 82.9 Å². The maximum atomic E-state index is 13.9. The molecule has 5 atom stereocenters. The Balaban J connectivity index is 0.000000154. The van der Waals surface area contributed by atoms with Crippen LogP contribution in [0, 0.1) is 22.7 Å². The van der Waals surface area contributed by atoms with E-state index >= 15 is 0 Å². The molecule has 1 aromatic heterocycles. The van der Waals surface area contributed by atoms with E-state index < -0.39 is 57.5 Å². The number of amides is 5. The quantitative estimate of drug-likeness (QED) is 0.0830. The van der Waals surface area contributed by atoms with Crippen molar-refractivity contribution >= 4 is 64.9 Å². The molecule has 0 saturated carbocycles. The minimum atomic E-state index is -4.93. The number of likely N-dealkylation sites (N-methyl/N-ethyl adjacent to an activating group) is 2. The number of thiophene rings is 1. The van der Waals surface area contributed by atoms with Gasteiger partial charge in [-0.2, -0.15) is 36.9 Å². The van der Waals surface area contributed by atoms with E-state index in [4.69, 9.17) is 42.6 Å². The minimum Gasteiger partial charge on any atom is -0.450 e. The van der Waals surface area contributed by atoms with E-state index in [1.807, 2.05) is 184 Å². The summed E-state index contributed by atoms with van der Waals surface area (Å²) in [5.74, 6) is -1.07. The monoisotopic (exact) mass is 1740 g/mol. The van der Waals surface area contributed by atoms with Crippen LogP contribution in [0.25, 0.3) is 32.7 Å². The molecule has 0 radical (unpaired) electrons. The van der Waals surface area contributed by atoms with Crippen molar-refractivity contribution in [1.29, 1.82) is 10.5 Å². The zero-order valence-electron chi connectivity index (χ0n) is 72.8. The number of aliphatic imine (C=N–C) groups is 4. The van der Waals surface area contributed by atoms with Gasteiger partial charge in [-0.25, -0.2) is 24.8 Å². The van der Waals surface area contributed by atoms with Crippen LogP contribution < -0.4 is 22.9 Å². The molecule has 0 bridgehead atoms. The van der Waals surface area contributed by atoms with Crippen molar-refractivity contribution in [3.63, 3.8) is 0 Å². The van der Waals surface area contributed by atoms with Gasteiger partial charge in [0.05, 0.1) is 59.3 Å². The third-order valence-electron chi connectivity index (χ3n) is 23.8. The smallest absolute Gasteiger partial charge is 0.416 e. The summed E-state index contributed by atoms with van der Waals surface area (Å²) < 4.78 is 83.7. The standard InChI is InChI=1S/2C29H30N4O.C23H26N4O3.C18H15F6N3OS/c2*1-28(2,3)23-14-12-20(13-15-23)25-26(34)33(5)27(31)32-29(25,4)24-11-7-10-22(17-24)21-9-6-8-19(16-21)18-30;1-2-30-22(29)26-15-13-19(14-16-26)27-20(28)23(25-21(27)24,17-9-5-3-6-10-17)18-11-7-4-8-12-18;1-16(8-14(28)27(2)15(25)26-16)13-4-3-12(29-13)9-5-10(17(19,20)21)7-11(6-9)18(22,23)24/h2*6-17,25H,1-5H3,(H2,31,32);3-12,19H,2,13-16H2,1H3,(H2,24,25);3-7H,8H2,1-2H3,(H2,25,26)/t25-,29+;25-,29-;;16-/m01.0/s1. The van der Waals surface area contributed by atoms with Crippen molar-refractivity contribution in [2.45, 2.75) is 152 Å². The Morgan fingerprint density at radius 2 is 0.874 bits per heavy atom. The molecule has 0 aliphatic carbocycles. The van der Waals surface area contributed by atoms with E-state index in [-0.39, 0.29) is 93.4 Å². The highest BCUT2D eigenvalue weighted by Gasteiger charge is 2.54. The molecule has 21 nitrogen and oxygen atoms in total. The molecule has 15 rings (SSSR count). The van der Waals surface area contributed by atoms with E-state index in [0.29, 0.717) is 60.7 Å². The molecule has 6 heterocycles. The number of rotatable bonds is 12. The first-order valence-electron chi connectivity index (χ1n) is 41.3. The molecule has 8 N–H and O–H groups in total. The normalized spacial score (nSPS) is 20.2. The maximum Gasteiger partial charge on any atom is 0.416 e. The second-order valence-corrected chi connectivity index (χ2v) is 35.6. The van der Waals surface area contributed by atoms with Crippen molar-refractivity contribution in [1.82, 2.24) is 24.5 Å². The van der Waals surface area contributed by atoms with Crippen LogP contribution >= 0.6 is 11.3 Å². The predicted octanol–water partition coefficient (Wildman–Crippen LogP) is 18.2. The number of nitrogens with two attached hydrogens (primary N) is 4. The van der Waals surface area contributed by atoms with Crippen LogP contribution in [0.2, 0.25) is 0 Å². The topological polar surface area (TPSA) is 312 Å². The third kappa shape index (κ3) is 19.4. The number of hydrogen-bond donors (Lipinski definition) is 4. The summed E-state index contributed by atoms with van der Waals surface area (Å²) in [7, 11) is 4.80. The van der Waals surface area contributed by atoms with Gasteiger partial charge in [-0.15, -0.1) is 11.3 Å². The fourth-order valence-corrected chi connectivity index (χ4v) is 17.5. The Morgan fingerprint density at radius 1 is 0.472 bits per heavy atom. The number of ether oxygens (including phenoxy) is 1. The lowest BCUT2D eigenvalue weighted by atomic mass is 9.73. The number of alkyl halides is 6. The van der Waals surface area contributed by atoms with Crippen molar-refractivity contribution in [3.8, 4) is 44.8 Å². The highest BCUT2D eigenvalue weighted by molar-refractivity contribution is 7.15. The van der Waals surface area contributed by atoms with Crippen LogP contribution in [0.5, 0.6) is 0 Å². The highest BCUT2D eigenvalue weighted by atomic mass is 32.1. The van der Waals surface area contributed by atoms with Gasteiger partial charge in [0.25, 0.3) is 5.91 Å². The minimum absolute atomic E-state index is 0.0165. The number of nitriles is 2. The Morgan fingerprint density at radius 3 is 1.27 bits per heavy atom. The summed E-state index contributed by atoms with van der Waals surface area (Å²) in [5, 5.41) is 18.6. The Labute approximate surface area is 739 Å². The molecule has 1 saturated heterocycles. The van der Waals surface area contributed by atoms with Crippen LogP contribution in [-0.4, -0.2) is 125 Å². The number of hydrogen-bond acceptors (Lipinski definition) is 17. The van der Waals surface area contributed by atoms with Gasteiger partial charge >= 0.3 is 18.4 Å². The van der Waals surface area contributed by atoms with Gasteiger partial charge in [0.1, 0.15) is 16.6 Å². The summed E-state index contributed by atoms with van der Waals surface area (Å²) in [6, 6.07) is 75.2. The zero-order chi connectivity index (χ0) is 92.3. The van der Waals surface area contributed by atoms with E-state index in [1.165, 1.54) is 45.0 Å². The molecule has 0 unspecified atom stereocenters. The van der Waals surface area contributed by atoms with Crippen molar-refractivity contribution < 1.29 is 55.1 Å². The number of carbonyl (C=O) groups excluding carboxylic acids is 5. The Hall–Kier alpha value is -13.7. The van der Waals surface area contributed by atoms with Gasteiger partial charge in [-0.1, -0.05) is 211 Å². The summed E-state index contributed by atoms with van der Waals surface area (Å²) in [4.78, 5) is 91.9. The molecule has 9 aromatic carbocycles. The average molecular weight is 1740 g/mol. The van der Waals surface area contributed by atoms with Gasteiger partial charge in [-0.05, 0) is 190 Å². The van der Waals surface area contributed by atoms with Gasteiger partial charge in [0, 0.05) is 50.0 Å². The summed E-state index contributed by atoms with van der Waals surface area (Å²) in [6.07, 6.45) is -8.95. The van der Waals surface area contributed by atoms with Crippen molar-refractivity contribution in [2.75, 3.05) is 40.8 Å². The Kier molecular flexibility index (Phi) is 26.5. The predicted molar refractivity (Wildman–Crippen MR) is 482 cm³/mol. The van der Waals surface area contributed by atoms with Crippen molar-refractivity contribution in [3.05, 3.63) is 308 Å². The van der Waals surface area contributed by atoms with Gasteiger partial charge < -0.3 is 32.6 Å². The van der Waals surface area contributed by atoms with Crippen LogP contribution in [0.4, 0.5) is 31.1 Å². The first-order valence-corrected chi connectivity index (χ1v) is 42.1. The largest absolute Gasteiger partial charge is 0.450 e. The molecule has 656 valence electrons. The molecule has 28 heteroatoms. The fraction of sp³-hybridized carbons (Fsp3) is 0.303. The fourth-order valence-electron chi connectivity index (χ4n) is 16.4. The summed E-state index contributed by atoms with van der Waals surface area (Å²) in [6.45, 7) is 21.8. The van der Waals surface area contributed by atoms with Crippen LogP contribution in [0.3, 0.4) is 0 Å². The second-order valence-electron chi connectivity index (χ2n) is 34.5. The lowest BCUT2D eigenvalue weighted by Crippen LogP contribution is -2.53. The van der Waals surface area contributed by atoms with Crippen LogP contribution in [-0.2, 0) is 69.3 Å². The number of guanidine groups is 4. The number of nitrogens with zero attached hydrogens (tertiary/aromatic N) is 11. The van der Waals surface area contributed by atoms with Gasteiger partial charge in [0.2, 0.25) is 17.7 Å². The molecule has 0 spiro atoms. The molecular formula is C99H101F6N15O6S. The van der Waals surface area contributed by atoms with Gasteiger partial charge in [0.15, 0.2) is 29.4 Å². The second kappa shape index (κ2) is 36.5. The third-order valence-corrected chi connectivity index (χ3v) is 25.2. The number of halogens is 6. The van der Waals surface area contributed by atoms with Gasteiger partial charge in [-0.3, -0.25) is 38.8 Å². The van der Waals surface area contributed by atoms with Crippen LogP contribution in [0.15, 0.2) is 257 Å². The lowest BCUT2D eigenvalue weighted by molar-refractivity contribution is -0.143. The van der Waals surface area contributed by atoms with E-state index in [9.17, 15) is 60.8 Å². The number of carbonyl (C=O) groups is 5. The molecule has 5 aliphatic rings. The highest BCUT2D eigenvalue weighted by Crippen LogP contribution is 2.50. The van der Waals surface area contributed by atoms with E-state index in [1.54, 1.807) is 49.9 Å². The number of benzene rings is 9. The first kappa shape index (κ1) is 92.5. The maximum absolute atomic E-state index is 13.9. The van der Waals surface area contributed by atoms with E-state index in [0.717, 1.165) is 67.0 Å². The average Bonchev–Trinajstić information content (AvgIpc) is 0.950. The number of likely N-dealkylation sites (tertiary alicyclic amines) is 1. The number of piperidine rings is 1. The zero-order valence-corrected chi connectivity index (χ0v) is 73.7. The first-order chi connectivity index (χ1) is 59.9. The summed E-state index contributed by atoms with van der Waals surface area (Å²) >= 11 is 0.967. The molecular weight excluding hydrogens is 1640 g/mol. The SMILES string of the molecule is CCOC(=O)N1CCC(N2C(=O)C(c3ccccc3)(c3ccccc3)N=C2N)CC1.CN1C(=O)C[C@@](C)(c2ccc(-c3cc(C(F)(F)F)cc(C(F)(F)F)c3)s2)N=C1N.CN1C(=O)[C@@H](c2ccc(C(C)(C)C)cc2)[C@@](C)(c2cccc(-c3cccc(C#N)c3)c2)N=C1N.CN1C(=O)[C@H](c2ccc(C(C)(C)C)cc2)[C@@](C)(c2cccc(-c3cccc(C#N)c3)c2)N=C1N. The lowest BCUT2D eigenvalue weighted by Gasteiger charge is -2.41. The summed E-state index contributed by atoms with van der Waals surface area (Å²) in [5.41, 5.74) is 30.1. The molecule has 5 amide bonds. The molecule has 10 aromatic rings. The van der Waals surface area contributed by atoms with Crippen molar-refractivity contribution in [2.24, 2.45) is 42.9 Å². The molecule has 1 fully saturated rings. The molecule has 5 aliphatic heterocycles. The Bertz CT molecular complexity index is 5740. The van der Waals surface area contributed by atoms with Crippen LogP contribution in [0.1, 0.15) is 172 Å².